The SMILES string of the molecule is CC1CC1C(=O)Nc1ccc(C(=O)NC2c3ccccc3Oc3ccccc32)cc1. The number of amides is 2. The van der Waals surface area contributed by atoms with Gasteiger partial charge in [-0.1, -0.05) is 43.3 Å². The van der Waals surface area contributed by atoms with E-state index in [0.717, 1.165) is 29.0 Å². The van der Waals surface area contributed by atoms with Gasteiger partial charge in [0.25, 0.3) is 5.91 Å². The van der Waals surface area contributed by atoms with Crippen LogP contribution in [0.15, 0.2) is 72.8 Å². The lowest BCUT2D eigenvalue weighted by atomic mass is 9.94. The molecule has 0 spiro atoms. The number of benzene rings is 3. The quantitative estimate of drug-likeness (QED) is 0.656. The summed E-state index contributed by atoms with van der Waals surface area (Å²) in [7, 11) is 0. The molecule has 1 aliphatic carbocycles. The molecule has 2 amide bonds. The second kappa shape index (κ2) is 7.34. The minimum absolute atomic E-state index is 0.0510. The minimum atomic E-state index is -0.297. The number of fused-ring (bicyclic) bond motifs is 2. The van der Waals surface area contributed by atoms with Gasteiger partial charge in [0, 0.05) is 28.3 Å². The second-order valence-electron chi connectivity index (χ2n) is 7.97. The molecule has 3 aromatic rings. The third kappa shape index (κ3) is 3.43. The third-order valence-corrected chi connectivity index (χ3v) is 5.82. The Bertz CT molecular complexity index is 1080. The number of anilines is 1. The number of para-hydroxylation sites is 2. The van der Waals surface area contributed by atoms with Gasteiger partial charge < -0.3 is 15.4 Å². The highest BCUT2D eigenvalue weighted by Gasteiger charge is 2.39. The van der Waals surface area contributed by atoms with Crippen LogP contribution in [0.4, 0.5) is 5.69 Å². The van der Waals surface area contributed by atoms with Crippen molar-refractivity contribution in [2.24, 2.45) is 11.8 Å². The van der Waals surface area contributed by atoms with Crippen LogP contribution in [-0.4, -0.2) is 11.8 Å². The Morgan fingerprint density at radius 3 is 2.00 bits per heavy atom. The number of ether oxygens (including phenoxy) is 1. The average Bonchev–Trinajstić information content (AvgIpc) is 3.51. The van der Waals surface area contributed by atoms with Crippen molar-refractivity contribution < 1.29 is 14.3 Å². The molecular formula is C25H22N2O3. The molecule has 30 heavy (non-hydrogen) atoms. The first-order valence-electron chi connectivity index (χ1n) is 10.2. The van der Waals surface area contributed by atoms with Crippen molar-refractivity contribution in [2.75, 3.05) is 5.32 Å². The van der Waals surface area contributed by atoms with Gasteiger partial charge in [-0.2, -0.15) is 0 Å². The van der Waals surface area contributed by atoms with Crippen LogP contribution in [0, 0.1) is 11.8 Å². The van der Waals surface area contributed by atoms with Crippen molar-refractivity contribution in [1.29, 1.82) is 0 Å². The molecule has 0 aromatic heterocycles. The van der Waals surface area contributed by atoms with E-state index in [2.05, 4.69) is 17.6 Å². The number of rotatable bonds is 4. The summed E-state index contributed by atoms with van der Waals surface area (Å²) in [6.45, 7) is 2.07. The van der Waals surface area contributed by atoms with Crippen LogP contribution < -0.4 is 15.4 Å². The number of hydrogen-bond donors (Lipinski definition) is 2. The monoisotopic (exact) mass is 398 g/mol. The standard InChI is InChI=1S/C25H22N2O3/c1-15-14-20(15)25(29)26-17-12-10-16(11-13-17)24(28)27-23-18-6-2-4-8-21(18)30-22-9-5-3-7-19(22)23/h2-13,15,20,23H,14H2,1H3,(H,26,29)(H,27,28). The summed E-state index contributed by atoms with van der Waals surface area (Å²) in [4.78, 5) is 25.1. The zero-order valence-electron chi connectivity index (χ0n) is 16.6. The van der Waals surface area contributed by atoms with Crippen LogP contribution in [0.1, 0.15) is 40.9 Å². The highest BCUT2D eigenvalue weighted by atomic mass is 16.5. The van der Waals surface area contributed by atoms with E-state index in [4.69, 9.17) is 4.74 Å². The summed E-state index contributed by atoms with van der Waals surface area (Å²) >= 11 is 0. The van der Waals surface area contributed by atoms with Crippen LogP contribution in [-0.2, 0) is 4.79 Å². The van der Waals surface area contributed by atoms with Gasteiger partial charge in [0.15, 0.2) is 0 Å². The molecule has 1 saturated carbocycles. The van der Waals surface area contributed by atoms with E-state index in [0.29, 0.717) is 17.2 Å². The Hall–Kier alpha value is -3.60. The summed E-state index contributed by atoms with van der Waals surface area (Å²) in [5, 5.41) is 6.06. The van der Waals surface area contributed by atoms with Gasteiger partial charge in [0.1, 0.15) is 11.5 Å². The Morgan fingerprint density at radius 1 is 0.867 bits per heavy atom. The van der Waals surface area contributed by atoms with Gasteiger partial charge in [0.2, 0.25) is 5.91 Å². The van der Waals surface area contributed by atoms with E-state index >= 15 is 0 Å². The fraction of sp³-hybridized carbons (Fsp3) is 0.200. The maximum atomic E-state index is 13.0. The molecule has 1 aliphatic heterocycles. The number of hydrogen-bond acceptors (Lipinski definition) is 3. The summed E-state index contributed by atoms with van der Waals surface area (Å²) in [5.74, 6) is 1.93. The molecule has 1 heterocycles. The largest absolute Gasteiger partial charge is 0.457 e. The van der Waals surface area contributed by atoms with E-state index in [1.807, 2.05) is 48.5 Å². The summed E-state index contributed by atoms with van der Waals surface area (Å²) in [6.07, 6.45) is 0.945. The highest BCUT2D eigenvalue weighted by Crippen LogP contribution is 2.42. The molecule has 5 heteroatoms. The number of carbonyl (C=O) groups is 2. The maximum absolute atomic E-state index is 13.0. The fourth-order valence-corrected chi connectivity index (χ4v) is 3.91. The van der Waals surface area contributed by atoms with Crippen LogP contribution >= 0.6 is 0 Å². The van der Waals surface area contributed by atoms with Gasteiger partial charge in [-0.3, -0.25) is 9.59 Å². The van der Waals surface area contributed by atoms with Crippen LogP contribution in [0.3, 0.4) is 0 Å². The lowest BCUT2D eigenvalue weighted by molar-refractivity contribution is -0.117. The molecule has 2 N–H and O–H groups in total. The van der Waals surface area contributed by atoms with Crippen molar-refractivity contribution in [3.05, 3.63) is 89.5 Å². The molecule has 1 fully saturated rings. The molecule has 2 atom stereocenters. The minimum Gasteiger partial charge on any atom is -0.457 e. The Labute approximate surface area is 175 Å². The van der Waals surface area contributed by atoms with Gasteiger partial charge in [0.05, 0.1) is 6.04 Å². The van der Waals surface area contributed by atoms with Crippen molar-refractivity contribution in [3.8, 4) is 11.5 Å². The smallest absolute Gasteiger partial charge is 0.252 e. The average molecular weight is 398 g/mol. The molecule has 5 nitrogen and oxygen atoms in total. The molecule has 2 unspecified atom stereocenters. The molecule has 5 rings (SSSR count). The predicted octanol–water partition coefficient (Wildman–Crippen LogP) is 4.91. The molecule has 0 bridgehead atoms. The molecular weight excluding hydrogens is 376 g/mol. The fourth-order valence-electron chi connectivity index (χ4n) is 3.91. The van der Waals surface area contributed by atoms with Crippen LogP contribution in [0.5, 0.6) is 11.5 Å². The van der Waals surface area contributed by atoms with E-state index in [1.165, 1.54) is 0 Å². The molecule has 150 valence electrons. The lowest BCUT2D eigenvalue weighted by Gasteiger charge is -2.28. The third-order valence-electron chi connectivity index (χ3n) is 5.82. The molecule has 3 aromatic carbocycles. The summed E-state index contributed by atoms with van der Waals surface area (Å²) < 4.78 is 5.99. The summed E-state index contributed by atoms with van der Waals surface area (Å²) in [6, 6.07) is 22.2. The normalized spacial score (nSPS) is 19.1. The summed E-state index contributed by atoms with van der Waals surface area (Å²) in [5.41, 5.74) is 3.09. The number of nitrogens with one attached hydrogen (secondary N) is 2. The van der Waals surface area contributed by atoms with Gasteiger partial charge >= 0.3 is 0 Å². The Morgan fingerprint density at radius 2 is 1.43 bits per heavy atom. The number of carbonyl (C=O) groups excluding carboxylic acids is 2. The van der Waals surface area contributed by atoms with E-state index < -0.39 is 0 Å². The van der Waals surface area contributed by atoms with Gasteiger partial charge in [-0.15, -0.1) is 0 Å². The van der Waals surface area contributed by atoms with E-state index in [1.54, 1.807) is 24.3 Å². The topological polar surface area (TPSA) is 67.4 Å². The molecule has 0 radical (unpaired) electrons. The van der Waals surface area contributed by atoms with Gasteiger partial charge in [-0.05, 0) is 48.7 Å². The zero-order valence-corrected chi connectivity index (χ0v) is 16.6. The van der Waals surface area contributed by atoms with E-state index in [-0.39, 0.29) is 23.8 Å². The molecule has 0 saturated heterocycles. The first kappa shape index (κ1) is 18.4. The Balaban J connectivity index is 1.35. The molecule has 2 aliphatic rings. The zero-order chi connectivity index (χ0) is 20.7. The van der Waals surface area contributed by atoms with Crippen molar-refractivity contribution in [1.82, 2.24) is 5.32 Å². The highest BCUT2D eigenvalue weighted by molar-refractivity contribution is 5.97. The van der Waals surface area contributed by atoms with Crippen molar-refractivity contribution >= 4 is 17.5 Å². The van der Waals surface area contributed by atoms with Crippen molar-refractivity contribution in [3.63, 3.8) is 0 Å². The van der Waals surface area contributed by atoms with E-state index in [9.17, 15) is 9.59 Å². The predicted molar refractivity (Wildman–Crippen MR) is 115 cm³/mol. The maximum Gasteiger partial charge on any atom is 0.252 e. The van der Waals surface area contributed by atoms with Crippen LogP contribution in [0.25, 0.3) is 0 Å². The van der Waals surface area contributed by atoms with Crippen LogP contribution in [0.2, 0.25) is 0 Å². The second-order valence-corrected chi connectivity index (χ2v) is 7.97. The van der Waals surface area contributed by atoms with Gasteiger partial charge in [-0.25, -0.2) is 0 Å². The lowest BCUT2D eigenvalue weighted by Crippen LogP contribution is -2.31. The first-order chi connectivity index (χ1) is 14.6. The van der Waals surface area contributed by atoms with Crippen molar-refractivity contribution in [2.45, 2.75) is 19.4 Å². The Kier molecular flexibility index (Phi) is 4.51. The first-order valence-corrected chi connectivity index (χ1v) is 10.2.